The zero-order chi connectivity index (χ0) is 23.7. The SMILES string of the molecule is COc1ccc(Cl)c(/C(O)=C2\C(=O)C(=O)N(C3CCCC3)C2c2cccc(OC(C)C)c2)c1. The molecule has 1 heterocycles. The van der Waals surface area contributed by atoms with Crippen LogP contribution < -0.4 is 9.47 Å². The van der Waals surface area contributed by atoms with Gasteiger partial charge in [-0.15, -0.1) is 0 Å². The number of rotatable bonds is 6. The fourth-order valence-corrected chi connectivity index (χ4v) is 4.93. The minimum Gasteiger partial charge on any atom is -0.507 e. The highest BCUT2D eigenvalue weighted by Crippen LogP contribution is 2.45. The number of ketones is 1. The van der Waals surface area contributed by atoms with Crippen molar-refractivity contribution in [3.05, 3.63) is 64.2 Å². The normalized spacial score (nSPS) is 20.6. The first kappa shape index (κ1) is 23.2. The number of carbonyl (C=O) groups excluding carboxylic acids is 2. The number of amides is 1. The number of methoxy groups -OCH3 is 1. The third-order valence-corrected chi connectivity index (χ3v) is 6.50. The first-order chi connectivity index (χ1) is 15.8. The van der Waals surface area contributed by atoms with E-state index >= 15 is 0 Å². The Morgan fingerprint density at radius 3 is 2.48 bits per heavy atom. The van der Waals surface area contributed by atoms with Gasteiger partial charge in [-0.25, -0.2) is 0 Å². The van der Waals surface area contributed by atoms with Crippen molar-refractivity contribution in [3.8, 4) is 11.5 Å². The molecule has 0 spiro atoms. The maximum atomic E-state index is 13.3. The van der Waals surface area contributed by atoms with Crippen LogP contribution in [0.15, 0.2) is 48.0 Å². The number of hydrogen-bond donors (Lipinski definition) is 1. The molecular weight excluding hydrogens is 442 g/mol. The molecule has 0 aromatic heterocycles. The molecular formula is C26H28ClNO5. The van der Waals surface area contributed by atoms with E-state index in [2.05, 4.69) is 0 Å². The summed E-state index contributed by atoms with van der Waals surface area (Å²) in [5.41, 5.74) is 0.989. The van der Waals surface area contributed by atoms with Crippen molar-refractivity contribution in [3.63, 3.8) is 0 Å². The summed E-state index contributed by atoms with van der Waals surface area (Å²) in [4.78, 5) is 28.2. The zero-order valence-electron chi connectivity index (χ0n) is 19.0. The summed E-state index contributed by atoms with van der Waals surface area (Å²) in [6.07, 6.45) is 3.62. The molecule has 4 rings (SSSR count). The van der Waals surface area contributed by atoms with Gasteiger partial charge in [0, 0.05) is 11.6 Å². The Bertz CT molecular complexity index is 1100. The molecule has 6 nitrogen and oxygen atoms in total. The van der Waals surface area contributed by atoms with Crippen molar-refractivity contribution in [1.82, 2.24) is 4.90 Å². The van der Waals surface area contributed by atoms with Gasteiger partial charge >= 0.3 is 0 Å². The maximum absolute atomic E-state index is 13.3. The molecule has 1 amide bonds. The summed E-state index contributed by atoms with van der Waals surface area (Å²) in [5.74, 6) is -0.493. The molecule has 2 aromatic rings. The monoisotopic (exact) mass is 469 g/mol. The van der Waals surface area contributed by atoms with E-state index in [0.717, 1.165) is 25.7 Å². The second-order valence-electron chi connectivity index (χ2n) is 8.73. The van der Waals surface area contributed by atoms with E-state index < -0.39 is 17.7 Å². The lowest BCUT2D eigenvalue weighted by Crippen LogP contribution is -2.37. The van der Waals surface area contributed by atoms with E-state index in [9.17, 15) is 14.7 Å². The Morgan fingerprint density at radius 2 is 1.82 bits per heavy atom. The van der Waals surface area contributed by atoms with Crippen molar-refractivity contribution in [1.29, 1.82) is 0 Å². The molecule has 0 radical (unpaired) electrons. The molecule has 2 aliphatic rings. The summed E-state index contributed by atoms with van der Waals surface area (Å²) in [6, 6.07) is 11.4. The van der Waals surface area contributed by atoms with Crippen LogP contribution in [0.3, 0.4) is 0 Å². The van der Waals surface area contributed by atoms with Gasteiger partial charge in [-0.1, -0.05) is 36.6 Å². The average Bonchev–Trinajstić information content (AvgIpc) is 3.40. The number of likely N-dealkylation sites (tertiary alicyclic amines) is 1. The minimum absolute atomic E-state index is 0.0305. The minimum atomic E-state index is -0.730. The predicted molar refractivity (Wildman–Crippen MR) is 127 cm³/mol. The van der Waals surface area contributed by atoms with Crippen molar-refractivity contribution in [2.75, 3.05) is 7.11 Å². The Morgan fingerprint density at radius 1 is 1.09 bits per heavy atom. The van der Waals surface area contributed by atoms with Crippen molar-refractivity contribution in [2.45, 2.75) is 57.7 Å². The Hall–Kier alpha value is -2.99. The van der Waals surface area contributed by atoms with Crippen LogP contribution in [0.25, 0.3) is 5.76 Å². The van der Waals surface area contributed by atoms with Gasteiger partial charge in [-0.05, 0) is 62.6 Å². The molecule has 1 aliphatic heterocycles. The number of carbonyl (C=O) groups is 2. The molecule has 7 heteroatoms. The fraction of sp³-hybridized carbons (Fsp3) is 0.385. The van der Waals surface area contributed by atoms with Crippen LogP contribution in [-0.2, 0) is 9.59 Å². The van der Waals surface area contributed by atoms with E-state index in [1.54, 1.807) is 23.1 Å². The summed E-state index contributed by atoms with van der Waals surface area (Å²) in [6.45, 7) is 3.87. The van der Waals surface area contributed by atoms with Crippen molar-refractivity contribution in [2.24, 2.45) is 0 Å². The molecule has 1 N–H and O–H groups in total. The molecule has 174 valence electrons. The quantitative estimate of drug-likeness (QED) is 0.343. The molecule has 1 saturated heterocycles. The molecule has 2 aromatic carbocycles. The number of halogens is 1. The Balaban J connectivity index is 1.90. The molecule has 1 atom stereocenters. The third-order valence-electron chi connectivity index (χ3n) is 6.17. The molecule has 1 unspecified atom stereocenters. The summed E-state index contributed by atoms with van der Waals surface area (Å²) < 4.78 is 11.1. The predicted octanol–water partition coefficient (Wildman–Crippen LogP) is 5.50. The zero-order valence-corrected chi connectivity index (χ0v) is 19.8. The molecule has 2 fully saturated rings. The molecule has 1 saturated carbocycles. The van der Waals surface area contributed by atoms with Gasteiger partial charge in [-0.3, -0.25) is 9.59 Å². The van der Waals surface area contributed by atoms with Gasteiger partial charge in [-0.2, -0.15) is 0 Å². The highest BCUT2D eigenvalue weighted by molar-refractivity contribution is 6.47. The van der Waals surface area contributed by atoms with Gasteiger partial charge < -0.3 is 19.5 Å². The van der Waals surface area contributed by atoms with Crippen LogP contribution in [0.1, 0.15) is 56.7 Å². The van der Waals surface area contributed by atoms with Crippen LogP contribution in [0.2, 0.25) is 5.02 Å². The number of hydrogen-bond acceptors (Lipinski definition) is 5. The maximum Gasteiger partial charge on any atom is 0.295 e. The highest BCUT2D eigenvalue weighted by Gasteiger charge is 2.49. The largest absolute Gasteiger partial charge is 0.507 e. The van der Waals surface area contributed by atoms with Crippen molar-refractivity contribution < 1.29 is 24.2 Å². The van der Waals surface area contributed by atoms with E-state index in [1.165, 1.54) is 7.11 Å². The van der Waals surface area contributed by atoms with Crippen LogP contribution in [0.4, 0.5) is 0 Å². The molecule has 33 heavy (non-hydrogen) atoms. The van der Waals surface area contributed by atoms with Crippen LogP contribution >= 0.6 is 11.6 Å². The molecule has 1 aliphatic carbocycles. The smallest absolute Gasteiger partial charge is 0.295 e. The van der Waals surface area contributed by atoms with Crippen LogP contribution in [0, 0.1) is 0 Å². The second-order valence-corrected chi connectivity index (χ2v) is 9.14. The lowest BCUT2D eigenvalue weighted by atomic mass is 9.94. The third kappa shape index (κ3) is 4.44. The van der Waals surface area contributed by atoms with E-state index in [0.29, 0.717) is 17.1 Å². The summed E-state index contributed by atoms with van der Waals surface area (Å²) in [7, 11) is 1.51. The number of benzene rings is 2. The van der Waals surface area contributed by atoms with Gasteiger partial charge in [0.25, 0.3) is 11.7 Å². The lowest BCUT2D eigenvalue weighted by Gasteiger charge is -2.31. The van der Waals surface area contributed by atoms with Crippen LogP contribution in [0.5, 0.6) is 11.5 Å². The average molecular weight is 470 g/mol. The van der Waals surface area contributed by atoms with Crippen molar-refractivity contribution >= 4 is 29.1 Å². The van der Waals surface area contributed by atoms with Gasteiger partial charge in [0.2, 0.25) is 0 Å². The second kappa shape index (κ2) is 9.48. The topological polar surface area (TPSA) is 76.1 Å². The summed E-state index contributed by atoms with van der Waals surface area (Å²) in [5, 5.41) is 11.6. The number of nitrogens with zero attached hydrogens (tertiary/aromatic N) is 1. The summed E-state index contributed by atoms with van der Waals surface area (Å²) >= 11 is 6.37. The highest BCUT2D eigenvalue weighted by atomic mass is 35.5. The Kier molecular flexibility index (Phi) is 6.66. The first-order valence-electron chi connectivity index (χ1n) is 11.2. The number of aliphatic hydroxyl groups excluding tert-OH is 1. The first-order valence-corrected chi connectivity index (χ1v) is 11.6. The van der Waals surface area contributed by atoms with Gasteiger partial charge in [0.15, 0.2) is 0 Å². The number of Topliss-reactive ketones (excluding diaryl/α,β-unsaturated/α-hetero) is 1. The van der Waals surface area contributed by atoms with E-state index in [-0.39, 0.29) is 34.1 Å². The Labute approximate surface area is 198 Å². The number of ether oxygens (including phenoxy) is 2. The van der Waals surface area contributed by atoms with Gasteiger partial charge in [0.1, 0.15) is 17.3 Å². The molecule has 0 bridgehead atoms. The number of aliphatic hydroxyl groups is 1. The van der Waals surface area contributed by atoms with Gasteiger partial charge in [0.05, 0.1) is 29.9 Å². The van der Waals surface area contributed by atoms with Crippen LogP contribution in [-0.4, -0.2) is 41.0 Å². The fourth-order valence-electron chi connectivity index (χ4n) is 4.72. The van der Waals surface area contributed by atoms with E-state index in [4.69, 9.17) is 21.1 Å². The standard InChI is InChI=1S/C26H28ClNO5/c1-15(2)33-19-10-6-7-16(13-19)23-22(24(29)20-14-18(32-3)11-12-21(20)27)25(30)26(31)28(23)17-8-4-5-9-17/h6-7,10-15,17,23,29H,4-5,8-9H2,1-3H3/b24-22+. The van der Waals surface area contributed by atoms with E-state index in [1.807, 2.05) is 38.1 Å². The lowest BCUT2D eigenvalue weighted by molar-refractivity contribution is -0.141.